The molecule has 3 aromatic rings. The summed E-state index contributed by atoms with van der Waals surface area (Å²) in [6, 6.07) is 13.2. The van der Waals surface area contributed by atoms with Crippen LogP contribution < -0.4 is 10.7 Å². The molecule has 0 atom stereocenters. The summed E-state index contributed by atoms with van der Waals surface area (Å²) in [4.78, 5) is 12.3. The lowest BCUT2D eigenvalue weighted by Gasteiger charge is -2.06. The van der Waals surface area contributed by atoms with Gasteiger partial charge in [0.2, 0.25) is 0 Å². The van der Waals surface area contributed by atoms with Crippen LogP contribution >= 0.6 is 0 Å². The molecule has 3 rings (SSSR count). The molecule has 96 valence electrons. The molecule has 0 spiro atoms. The highest BCUT2D eigenvalue weighted by atomic mass is 16.3. The fraction of sp³-hybridized carbons (Fsp3) is 0.188. The molecule has 0 bridgehead atoms. The molecule has 1 aromatic heterocycles. The summed E-state index contributed by atoms with van der Waals surface area (Å²) in [7, 11) is 0. The Morgan fingerprint density at radius 1 is 1.16 bits per heavy atom. The van der Waals surface area contributed by atoms with E-state index in [1.54, 1.807) is 0 Å². The van der Waals surface area contributed by atoms with Crippen LogP contribution in [0.1, 0.15) is 13.3 Å². The second-order valence-corrected chi connectivity index (χ2v) is 4.56. The predicted octanol–water partition coefficient (Wildman–Crippen LogP) is 3.77. The van der Waals surface area contributed by atoms with E-state index >= 15 is 0 Å². The van der Waals surface area contributed by atoms with Crippen molar-refractivity contribution in [1.29, 1.82) is 0 Å². The molecule has 3 nitrogen and oxygen atoms in total. The smallest absolute Gasteiger partial charge is 0.197 e. The van der Waals surface area contributed by atoms with Crippen LogP contribution in [0.15, 0.2) is 51.7 Å². The van der Waals surface area contributed by atoms with Crippen molar-refractivity contribution in [3.63, 3.8) is 0 Å². The SMILES string of the molecule is CCCNc1cc(=O)c2c(ccc3ccccc32)o1. The van der Waals surface area contributed by atoms with Gasteiger partial charge in [0.1, 0.15) is 5.58 Å². The van der Waals surface area contributed by atoms with E-state index in [0.717, 1.165) is 23.7 Å². The van der Waals surface area contributed by atoms with Crippen molar-refractivity contribution in [2.45, 2.75) is 13.3 Å². The van der Waals surface area contributed by atoms with Gasteiger partial charge in [-0.05, 0) is 23.3 Å². The van der Waals surface area contributed by atoms with Crippen LogP contribution in [-0.2, 0) is 0 Å². The van der Waals surface area contributed by atoms with Gasteiger partial charge in [-0.3, -0.25) is 4.79 Å². The average Bonchev–Trinajstić information content (AvgIpc) is 2.44. The zero-order valence-corrected chi connectivity index (χ0v) is 10.8. The Morgan fingerprint density at radius 3 is 2.84 bits per heavy atom. The van der Waals surface area contributed by atoms with E-state index in [0.29, 0.717) is 16.9 Å². The van der Waals surface area contributed by atoms with Crippen molar-refractivity contribution in [2.24, 2.45) is 0 Å². The fourth-order valence-electron chi connectivity index (χ4n) is 2.27. The van der Waals surface area contributed by atoms with Crippen LogP contribution in [0.2, 0.25) is 0 Å². The highest BCUT2D eigenvalue weighted by molar-refractivity contribution is 6.05. The normalized spacial score (nSPS) is 11.0. The van der Waals surface area contributed by atoms with Crippen molar-refractivity contribution in [3.05, 3.63) is 52.7 Å². The van der Waals surface area contributed by atoms with Gasteiger partial charge < -0.3 is 9.73 Å². The van der Waals surface area contributed by atoms with Gasteiger partial charge in [0.15, 0.2) is 11.3 Å². The van der Waals surface area contributed by atoms with Gasteiger partial charge >= 0.3 is 0 Å². The molecular formula is C16H15NO2. The van der Waals surface area contributed by atoms with Crippen molar-refractivity contribution >= 4 is 27.6 Å². The Kier molecular flexibility index (Phi) is 2.95. The molecule has 0 radical (unpaired) electrons. The van der Waals surface area contributed by atoms with Crippen LogP contribution in [0.3, 0.4) is 0 Å². The molecule has 19 heavy (non-hydrogen) atoms. The minimum atomic E-state index is -0.00310. The standard InChI is InChI=1S/C16H15NO2/c1-2-9-17-15-10-13(18)16-12-6-4-3-5-11(12)7-8-14(16)19-15/h3-8,10,17H,2,9H2,1H3. The Labute approximate surface area is 110 Å². The van der Waals surface area contributed by atoms with Crippen LogP contribution in [0.4, 0.5) is 5.88 Å². The molecular weight excluding hydrogens is 238 g/mol. The van der Waals surface area contributed by atoms with Crippen LogP contribution in [0, 0.1) is 0 Å². The highest BCUT2D eigenvalue weighted by Crippen LogP contribution is 2.24. The molecule has 0 aliphatic rings. The topological polar surface area (TPSA) is 42.2 Å². The van der Waals surface area contributed by atoms with Gasteiger partial charge in [0.05, 0.1) is 5.39 Å². The van der Waals surface area contributed by atoms with Gasteiger partial charge in [-0.25, -0.2) is 0 Å². The summed E-state index contributed by atoms with van der Waals surface area (Å²) in [6.07, 6.45) is 0.986. The van der Waals surface area contributed by atoms with E-state index in [2.05, 4.69) is 12.2 Å². The summed E-state index contributed by atoms with van der Waals surface area (Å²) in [5.41, 5.74) is 0.626. The number of hydrogen-bond acceptors (Lipinski definition) is 3. The van der Waals surface area contributed by atoms with Crippen LogP contribution in [-0.4, -0.2) is 6.54 Å². The van der Waals surface area contributed by atoms with Crippen molar-refractivity contribution in [2.75, 3.05) is 11.9 Å². The highest BCUT2D eigenvalue weighted by Gasteiger charge is 2.07. The number of benzene rings is 2. The second kappa shape index (κ2) is 4.76. The number of hydrogen-bond donors (Lipinski definition) is 1. The molecule has 0 aliphatic carbocycles. The molecule has 0 unspecified atom stereocenters. The van der Waals surface area contributed by atoms with E-state index in [9.17, 15) is 4.79 Å². The molecule has 0 saturated carbocycles. The lowest BCUT2D eigenvalue weighted by atomic mass is 10.1. The minimum absolute atomic E-state index is 0.00310. The maximum absolute atomic E-state index is 12.3. The first-order valence-corrected chi connectivity index (χ1v) is 6.49. The summed E-state index contributed by atoms with van der Waals surface area (Å²) >= 11 is 0. The Hall–Kier alpha value is -2.29. The molecule has 0 aliphatic heterocycles. The lowest BCUT2D eigenvalue weighted by Crippen LogP contribution is -2.06. The molecule has 1 N–H and O–H groups in total. The Morgan fingerprint density at radius 2 is 2.00 bits per heavy atom. The minimum Gasteiger partial charge on any atom is -0.440 e. The summed E-state index contributed by atoms with van der Waals surface area (Å²) in [5, 5.41) is 5.75. The second-order valence-electron chi connectivity index (χ2n) is 4.56. The third-order valence-electron chi connectivity index (χ3n) is 3.17. The quantitative estimate of drug-likeness (QED) is 0.722. The maximum Gasteiger partial charge on any atom is 0.197 e. The predicted molar refractivity (Wildman–Crippen MR) is 78.8 cm³/mol. The van der Waals surface area contributed by atoms with Crippen LogP contribution in [0.5, 0.6) is 0 Å². The van der Waals surface area contributed by atoms with E-state index in [-0.39, 0.29) is 5.43 Å². The van der Waals surface area contributed by atoms with Gasteiger partial charge in [-0.15, -0.1) is 0 Å². The molecule has 3 heteroatoms. The van der Waals surface area contributed by atoms with E-state index in [1.807, 2.05) is 36.4 Å². The van der Waals surface area contributed by atoms with E-state index in [1.165, 1.54) is 6.07 Å². The molecule has 1 heterocycles. The first-order valence-electron chi connectivity index (χ1n) is 6.49. The van der Waals surface area contributed by atoms with Gasteiger partial charge in [0.25, 0.3) is 0 Å². The third kappa shape index (κ3) is 2.08. The number of rotatable bonds is 3. The molecule has 2 aromatic carbocycles. The molecule has 0 saturated heterocycles. The van der Waals surface area contributed by atoms with Crippen LogP contribution in [0.25, 0.3) is 21.7 Å². The first-order chi connectivity index (χ1) is 9.29. The first kappa shape index (κ1) is 11.8. The van der Waals surface area contributed by atoms with Gasteiger partial charge in [0, 0.05) is 12.6 Å². The molecule has 0 amide bonds. The Bertz CT molecular complexity index is 789. The zero-order chi connectivity index (χ0) is 13.2. The zero-order valence-electron chi connectivity index (χ0n) is 10.8. The number of fused-ring (bicyclic) bond motifs is 3. The van der Waals surface area contributed by atoms with Crippen molar-refractivity contribution in [1.82, 2.24) is 0 Å². The Balaban J connectivity index is 2.27. The summed E-state index contributed by atoms with van der Waals surface area (Å²) < 4.78 is 5.74. The summed E-state index contributed by atoms with van der Waals surface area (Å²) in [6.45, 7) is 2.86. The maximum atomic E-state index is 12.3. The number of nitrogens with one attached hydrogen (secondary N) is 1. The largest absolute Gasteiger partial charge is 0.440 e. The summed E-state index contributed by atoms with van der Waals surface area (Å²) in [5.74, 6) is 0.537. The van der Waals surface area contributed by atoms with Crippen molar-refractivity contribution < 1.29 is 4.42 Å². The number of anilines is 1. The molecule has 0 fully saturated rings. The van der Waals surface area contributed by atoms with E-state index in [4.69, 9.17) is 4.42 Å². The fourth-order valence-corrected chi connectivity index (χ4v) is 2.27. The average molecular weight is 253 g/mol. The van der Waals surface area contributed by atoms with Crippen molar-refractivity contribution in [3.8, 4) is 0 Å². The monoisotopic (exact) mass is 253 g/mol. The third-order valence-corrected chi connectivity index (χ3v) is 3.17. The van der Waals surface area contributed by atoms with Gasteiger partial charge in [-0.1, -0.05) is 37.3 Å². The van der Waals surface area contributed by atoms with E-state index < -0.39 is 0 Å². The van der Waals surface area contributed by atoms with Gasteiger partial charge in [-0.2, -0.15) is 0 Å². The lowest BCUT2D eigenvalue weighted by molar-refractivity contribution is 0.614.